The lowest BCUT2D eigenvalue weighted by atomic mass is 10.1. The maximum Gasteiger partial charge on any atom is 0.238 e. The summed E-state index contributed by atoms with van der Waals surface area (Å²) in [6.07, 6.45) is 3.43. The summed E-state index contributed by atoms with van der Waals surface area (Å²) in [5.74, 6) is 1.82. The first-order valence-electron chi connectivity index (χ1n) is 10.9. The van der Waals surface area contributed by atoms with Crippen molar-refractivity contribution in [3.8, 4) is 23.2 Å². The predicted molar refractivity (Wildman–Crippen MR) is 134 cm³/mol. The molecule has 0 aliphatic carbocycles. The van der Waals surface area contributed by atoms with E-state index in [1.165, 1.54) is 0 Å². The lowest BCUT2D eigenvalue weighted by molar-refractivity contribution is 0.458. The third-order valence-corrected chi connectivity index (χ3v) is 5.87. The highest BCUT2D eigenvalue weighted by Gasteiger charge is 2.15. The minimum Gasteiger partial charge on any atom is -0.506 e. The predicted octanol–water partition coefficient (Wildman–Crippen LogP) is 5.69. The van der Waals surface area contributed by atoms with Crippen LogP contribution in [0.15, 0.2) is 85.2 Å². The van der Waals surface area contributed by atoms with Crippen molar-refractivity contribution in [2.45, 2.75) is 0 Å². The summed E-state index contributed by atoms with van der Waals surface area (Å²) in [5, 5.41) is 12.4. The van der Waals surface area contributed by atoms with Crippen LogP contribution in [-0.4, -0.2) is 38.7 Å². The number of hydrogen-bond donors (Lipinski definition) is 1. The van der Waals surface area contributed by atoms with E-state index in [1.807, 2.05) is 61.6 Å². The van der Waals surface area contributed by atoms with Crippen LogP contribution in [-0.2, 0) is 0 Å². The third-order valence-electron chi connectivity index (χ3n) is 5.87. The van der Waals surface area contributed by atoms with Crippen LogP contribution in [0.5, 0.6) is 17.4 Å². The maximum absolute atomic E-state index is 10.1. The minimum atomic E-state index is 0.0678. The fourth-order valence-electron chi connectivity index (χ4n) is 4.21. The van der Waals surface area contributed by atoms with E-state index in [0.717, 1.165) is 33.3 Å². The Labute approximate surface area is 195 Å². The quantitative estimate of drug-likeness (QED) is 0.374. The van der Waals surface area contributed by atoms with E-state index < -0.39 is 0 Å². The normalized spacial score (nSPS) is 11.4. The van der Waals surface area contributed by atoms with Crippen LogP contribution in [0.2, 0.25) is 0 Å². The highest BCUT2D eigenvalue weighted by atomic mass is 16.5. The van der Waals surface area contributed by atoms with Gasteiger partial charge in [-0.2, -0.15) is 0 Å². The van der Waals surface area contributed by atoms with Crippen molar-refractivity contribution in [2.75, 3.05) is 19.0 Å². The lowest BCUT2D eigenvalue weighted by Crippen LogP contribution is -2.09. The number of hydrogen-bond acceptors (Lipinski definition) is 6. The summed E-state index contributed by atoms with van der Waals surface area (Å²) in [6, 6.07) is 23.4. The van der Waals surface area contributed by atoms with Crippen LogP contribution in [0.1, 0.15) is 0 Å². The smallest absolute Gasteiger partial charge is 0.238 e. The van der Waals surface area contributed by atoms with Crippen molar-refractivity contribution < 1.29 is 9.84 Å². The topological polar surface area (TPSA) is 76.3 Å². The van der Waals surface area contributed by atoms with Gasteiger partial charge in [0.1, 0.15) is 22.8 Å². The Morgan fingerprint density at radius 2 is 1.68 bits per heavy atom. The van der Waals surface area contributed by atoms with Gasteiger partial charge >= 0.3 is 0 Å². The molecule has 3 heterocycles. The van der Waals surface area contributed by atoms with Gasteiger partial charge in [-0.1, -0.05) is 24.3 Å². The second kappa shape index (κ2) is 7.74. The molecule has 0 unspecified atom stereocenters. The number of nitrogens with zero attached hydrogens (tertiary/aromatic N) is 5. The largest absolute Gasteiger partial charge is 0.506 e. The fraction of sp³-hybridized carbons (Fsp3) is 0.0741. The Bertz CT molecular complexity index is 1670. The number of benzene rings is 3. The van der Waals surface area contributed by atoms with Gasteiger partial charge in [-0.15, -0.1) is 0 Å². The molecule has 7 nitrogen and oxygen atoms in total. The molecule has 3 aromatic heterocycles. The van der Waals surface area contributed by atoms with Gasteiger partial charge < -0.3 is 14.7 Å². The van der Waals surface area contributed by atoms with Crippen molar-refractivity contribution in [3.63, 3.8) is 0 Å². The summed E-state index contributed by atoms with van der Waals surface area (Å²) in [4.78, 5) is 15.6. The molecule has 0 radical (unpaired) electrons. The Morgan fingerprint density at radius 1 is 0.824 bits per heavy atom. The number of aromatic hydroxyl groups is 1. The Balaban J connectivity index is 1.49. The number of anilines is 1. The van der Waals surface area contributed by atoms with Crippen LogP contribution >= 0.6 is 0 Å². The summed E-state index contributed by atoms with van der Waals surface area (Å²) in [6.45, 7) is 0. The highest BCUT2D eigenvalue weighted by molar-refractivity contribution is 6.09. The van der Waals surface area contributed by atoms with Crippen LogP contribution in [0, 0.1) is 0 Å². The van der Waals surface area contributed by atoms with Crippen molar-refractivity contribution in [3.05, 3.63) is 85.2 Å². The van der Waals surface area contributed by atoms with Gasteiger partial charge in [-0.25, -0.2) is 15.0 Å². The molecule has 0 spiro atoms. The molecule has 0 bridgehead atoms. The molecule has 0 atom stereocenters. The summed E-state index contributed by atoms with van der Waals surface area (Å²) in [7, 11) is 3.99. The minimum absolute atomic E-state index is 0.0678. The molecule has 6 rings (SSSR count). The van der Waals surface area contributed by atoms with Gasteiger partial charge in [0, 0.05) is 30.9 Å². The molecule has 0 saturated carbocycles. The molecule has 3 aromatic carbocycles. The third kappa shape index (κ3) is 3.26. The van der Waals surface area contributed by atoms with Crippen molar-refractivity contribution in [1.29, 1.82) is 0 Å². The molecule has 6 aromatic rings. The molecule has 7 heteroatoms. The molecule has 166 valence electrons. The zero-order chi connectivity index (χ0) is 23.2. The molecule has 1 N–H and O–H groups in total. The summed E-state index contributed by atoms with van der Waals surface area (Å²) in [5.41, 5.74) is 4.08. The molecular weight excluding hydrogens is 426 g/mol. The van der Waals surface area contributed by atoms with E-state index in [9.17, 15) is 5.11 Å². The number of phenolic OH excluding ortho intramolecular Hbond substituents is 1. The number of para-hydroxylation sites is 2. The van der Waals surface area contributed by atoms with Crippen molar-refractivity contribution >= 4 is 38.5 Å². The van der Waals surface area contributed by atoms with E-state index in [4.69, 9.17) is 9.72 Å². The molecule has 0 saturated heterocycles. The monoisotopic (exact) mass is 447 g/mol. The number of rotatable bonds is 4. The average molecular weight is 447 g/mol. The lowest BCUT2D eigenvalue weighted by Gasteiger charge is -2.13. The van der Waals surface area contributed by atoms with Gasteiger partial charge in [0.05, 0.1) is 34.6 Å². The van der Waals surface area contributed by atoms with Crippen LogP contribution in [0.4, 0.5) is 5.69 Å². The molecule has 0 amide bonds. The van der Waals surface area contributed by atoms with E-state index in [2.05, 4.69) is 32.7 Å². The van der Waals surface area contributed by atoms with Gasteiger partial charge in [-0.3, -0.25) is 4.57 Å². The average Bonchev–Trinajstić information content (AvgIpc) is 3.18. The molecule has 34 heavy (non-hydrogen) atoms. The Morgan fingerprint density at radius 3 is 2.50 bits per heavy atom. The van der Waals surface area contributed by atoms with Crippen LogP contribution < -0.4 is 9.64 Å². The van der Waals surface area contributed by atoms with Crippen molar-refractivity contribution in [2.24, 2.45) is 0 Å². The second-order valence-electron chi connectivity index (χ2n) is 8.26. The summed E-state index contributed by atoms with van der Waals surface area (Å²) < 4.78 is 8.20. The van der Waals surface area contributed by atoms with E-state index in [0.29, 0.717) is 22.7 Å². The molecule has 0 aliphatic heterocycles. The van der Waals surface area contributed by atoms with Crippen LogP contribution in [0.25, 0.3) is 38.7 Å². The Hall–Kier alpha value is -4.65. The summed E-state index contributed by atoms with van der Waals surface area (Å²) >= 11 is 0. The standard InChI is InChI=1S/C27H21N5O2/c1-31(2)17-10-13-25(29-15-17)32-22-8-4-3-6-19(22)20-12-11-18(14-23(20)32)34-26-16-28-21-7-5-9-24(33)27(21)30-26/h3-16,33H,1-2H3. The maximum atomic E-state index is 10.1. The number of phenols is 1. The first-order valence-corrected chi connectivity index (χ1v) is 10.9. The molecular formula is C27H21N5O2. The first-order chi connectivity index (χ1) is 16.6. The number of fused-ring (bicyclic) bond motifs is 4. The fourth-order valence-corrected chi connectivity index (χ4v) is 4.21. The van der Waals surface area contributed by atoms with Gasteiger partial charge in [0.2, 0.25) is 5.88 Å². The van der Waals surface area contributed by atoms with E-state index in [1.54, 1.807) is 24.4 Å². The first kappa shape index (κ1) is 20.0. The number of ether oxygens (including phenoxy) is 1. The zero-order valence-electron chi connectivity index (χ0n) is 18.7. The van der Waals surface area contributed by atoms with Gasteiger partial charge in [0.15, 0.2) is 0 Å². The van der Waals surface area contributed by atoms with Crippen molar-refractivity contribution in [1.82, 2.24) is 19.5 Å². The number of pyridine rings is 1. The zero-order valence-corrected chi connectivity index (χ0v) is 18.7. The molecule has 0 fully saturated rings. The van der Waals surface area contributed by atoms with E-state index in [-0.39, 0.29) is 5.75 Å². The van der Waals surface area contributed by atoms with Gasteiger partial charge in [-0.05, 0) is 42.5 Å². The van der Waals surface area contributed by atoms with Crippen LogP contribution in [0.3, 0.4) is 0 Å². The molecule has 0 aliphatic rings. The van der Waals surface area contributed by atoms with Gasteiger partial charge in [0.25, 0.3) is 0 Å². The number of aromatic nitrogens is 4. The highest BCUT2D eigenvalue weighted by Crippen LogP contribution is 2.35. The SMILES string of the molecule is CN(C)c1ccc(-n2c3ccccc3c3ccc(Oc4cnc5cccc(O)c5n4)cc32)nc1. The second-order valence-corrected chi connectivity index (χ2v) is 8.26. The Kier molecular flexibility index (Phi) is 4.55. The van der Waals surface area contributed by atoms with E-state index >= 15 is 0 Å².